The number of nitrogens with zero attached hydrogens (tertiary/aromatic N) is 3. The van der Waals surface area contributed by atoms with E-state index in [1.807, 2.05) is 35.9 Å². The second-order valence-corrected chi connectivity index (χ2v) is 6.87. The normalized spacial score (nSPS) is 16.9. The minimum absolute atomic E-state index is 0.376. The van der Waals surface area contributed by atoms with Gasteiger partial charge in [0.05, 0.1) is 6.26 Å². The lowest BCUT2D eigenvalue weighted by Crippen LogP contribution is -1.96. The van der Waals surface area contributed by atoms with E-state index in [4.69, 9.17) is 16.0 Å². The molecule has 1 aliphatic carbocycles. The first-order chi connectivity index (χ1) is 10.7. The van der Waals surface area contributed by atoms with Gasteiger partial charge in [0, 0.05) is 17.3 Å². The van der Waals surface area contributed by atoms with Crippen LogP contribution in [-0.4, -0.2) is 14.8 Å². The maximum atomic E-state index is 6.29. The minimum Gasteiger partial charge on any atom is -0.461 e. The van der Waals surface area contributed by atoms with Gasteiger partial charge < -0.3 is 8.98 Å². The molecule has 0 aliphatic heterocycles. The van der Waals surface area contributed by atoms with Crippen molar-refractivity contribution in [1.29, 1.82) is 0 Å². The first kappa shape index (κ1) is 13.9. The lowest BCUT2D eigenvalue weighted by atomic mass is 10.1. The van der Waals surface area contributed by atoms with Crippen LogP contribution >= 0.6 is 23.4 Å². The van der Waals surface area contributed by atoms with Crippen LogP contribution in [0.3, 0.4) is 0 Å². The van der Waals surface area contributed by atoms with Crippen molar-refractivity contribution in [2.75, 3.05) is 0 Å². The summed E-state index contributed by atoms with van der Waals surface area (Å²) < 4.78 is 7.38. The molecule has 4 nitrogen and oxygen atoms in total. The number of fused-ring (bicyclic) bond motifs is 1. The van der Waals surface area contributed by atoms with Crippen LogP contribution in [0.5, 0.6) is 0 Å². The van der Waals surface area contributed by atoms with Crippen molar-refractivity contribution >= 4 is 23.4 Å². The van der Waals surface area contributed by atoms with Crippen LogP contribution in [0.1, 0.15) is 22.8 Å². The molecule has 1 atom stereocenters. The molecule has 2 heterocycles. The fourth-order valence-corrected chi connectivity index (χ4v) is 4.31. The molecular formula is C16H14ClN3OS. The van der Waals surface area contributed by atoms with Crippen LogP contribution in [0.4, 0.5) is 0 Å². The summed E-state index contributed by atoms with van der Waals surface area (Å²) >= 11 is 8.02. The van der Waals surface area contributed by atoms with Gasteiger partial charge in [-0.2, -0.15) is 0 Å². The number of aromatic nitrogens is 3. The molecule has 1 aliphatic rings. The van der Waals surface area contributed by atoms with Crippen LogP contribution < -0.4 is 0 Å². The van der Waals surface area contributed by atoms with Gasteiger partial charge in [-0.25, -0.2) is 0 Å². The number of halogens is 1. The Balaban J connectivity index is 1.63. The Bertz CT molecular complexity index is 813. The predicted molar refractivity (Wildman–Crippen MR) is 87.1 cm³/mol. The summed E-state index contributed by atoms with van der Waals surface area (Å²) in [6.45, 7) is 0. The van der Waals surface area contributed by atoms with E-state index < -0.39 is 0 Å². The molecule has 0 radical (unpaired) electrons. The van der Waals surface area contributed by atoms with Crippen molar-refractivity contribution in [3.05, 3.63) is 52.7 Å². The van der Waals surface area contributed by atoms with Gasteiger partial charge in [0.1, 0.15) is 0 Å². The van der Waals surface area contributed by atoms with E-state index in [-0.39, 0.29) is 0 Å². The van der Waals surface area contributed by atoms with Crippen LogP contribution in [0, 0.1) is 0 Å². The van der Waals surface area contributed by atoms with E-state index in [0.29, 0.717) is 5.25 Å². The first-order valence-electron chi connectivity index (χ1n) is 7.11. The molecule has 0 amide bonds. The highest BCUT2D eigenvalue weighted by molar-refractivity contribution is 7.99. The molecule has 0 saturated heterocycles. The van der Waals surface area contributed by atoms with Gasteiger partial charge in [-0.15, -0.1) is 10.2 Å². The first-order valence-corrected chi connectivity index (χ1v) is 8.37. The van der Waals surface area contributed by atoms with Gasteiger partial charge >= 0.3 is 0 Å². The number of hydrogen-bond acceptors (Lipinski definition) is 4. The molecule has 2 aromatic heterocycles. The minimum atomic E-state index is 0.376. The molecule has 1 aromatic carbocycles. The Kier molecular flexibility index (Phi) is 3.47. The van der Waals surface area contributed by atoms with Crippen molar-refractivity contribution in [3.8, 4) is 11.6 Å². The third-order valence-corrected chi connectivity index (χ3v) is 5.68. The summed E-state index contributed by atoms with van der Waals surface area (Å²) in [6.07, 6.45) is 3.74. The Morgan fingerprint density at radius 3 is 3.00 bits per heavy atom. The highest BCUT2D eigenvalue weighted by Crippen LogP contribution is 2.46. The zero-order chi connectivity index (χ0) is 15.1. The van der Waals surface area contributed by atoms with Crippen LogP contribution in [0.2, 0.25) is 5.02 Å². The Labute approximate surface area is 137 Å². The summed E-state index contributed by atoms with van der Waals surface area (Å²) in [5.41, 5.74) is 2.59. The third kappa shape index (κ3) is 2.25. The monoisotopic (exact) mass is 331 g/mol. The van der Waals surface area contributed by atoms with E-state index in [1.54, 1.807) is 18.0 Å². The molecule has 0 spiro atoms. The lowest BCUT2D eigenvalue weighted by Gasteiger charge is -2.10. The van der Waals surface area contributed by atoms with Gasteiger partial charge in [-0.05, 0) is 42.2 Å². The number of hydrogen-bond donors (Lipinski definition) is 0. The molecular weight excluding hydrogens is 318 g/mol. The second-order valence-electron chi connectivity index (χ2n) is 5.30. The molecule has 0 fully saturated rings. The number of rotatable bonds is 3. The molecule has 0 saturated carbocycles. The van der Waals surface area contributed by atoms with Gasteiger partial charge in [0.15, 0.2) is 16.7 Å². The van der Waals surface area contributed by atoms with Crippen molar-refractivity contribution in [1.82, 2.24) is 14.8 Å². The van der Waals surface area contributed by atoms with E-state index in [2.05, 4.69) is 16.3 Å². The van der Waals surface area contributed by atoms with Gasteiger partial charge in [0.2, 0.25) is 0 Å². The zero-order valence-corrected chi connectivity index (χ0v) is 13.6. The summed E-state index contributed by atoms with van der Waals surface area (Å²) in [5, 5.41) is 10.7. The zero-order valence-electron chi connectivity index (χ0n) is 12.0. The quantitative estimate of drug-likeness (QED) is 0.708. The Morgan fingerprint density at radius 2 is 2.18 bits per heavy atom. The largest absolute Gasteiger partial charge is 0.461 e. The molecule has 4 rings (SSSR count). The van der Waals surface area contributed by atoms with Gasteiger partial charge in [-0.1, -0.05) is 35.5 Å². The number of benzene rings is 1. The number of thioether (sulfide) groups is 1. The fraction of sp³-hybridized carbons (Fsp3) is 0.250. The third-order valence-electron chi connectivity index (χ3n) is 3.98. The van der Waals surface area contributed by atoms with Gasteiger partial charge in [0.25, 0.3) is 0 Å². The van der Waals surface area contributed by atoms with E-state index in [1.165, 1.54) is 11.1 Å². The lowest BCUT2D eigenvalue weighted by molar-refractivity contribution is 0.572. The standard InChI is InChI=1S/C16H14ClN3OS/c1-20-15(13-6-3-9-21-13)18-19-16(20)22-14-8-7-10-11(14)4-2-5-12(10)17/h2-6,9,14H,7-8H2,1H3. The summed E-state index contributed by atoms with van der Waals surface area (Å²) in [7, 11) is 1.97. The highest BCUT2D eigenvalue weighted by atomic mass is 35.5. The molecule has 1 unspecified atom stereocenters. The molecule has 0 N–H and O–H groups in total. The van der Waals surface area contributed by atoms with E-state index in [9.17, 15) is 0 Å². The van der Waals surface area contributed by atoms with Crippen LogP contribution in [0.25, 0.3) is 11.6 Å². The maximum Gasteiger partial charge on any atom is 0.200 e. The maximum absolute atomic E-state index is 6.29. The average Bonchev–Trinajstić information content (AvgIpc) is 3.22. The van der Waals surface area contributed by atoms with Crippen molar-refractivity contribution < 1.29 is 4.42 Å². The molecule has 3 aromatic rings. The van der Waals surface area contributed by atoms with Crippen molar-refractivity contribution in [2.45, 2.75) is 23.2 Å². The fourth-order valence-electron chi connectivity index (χ4n) is 2.86. The molecule has 0 bridgehead atoms. The van der Waals surface area contributed by atoms with E-state index >= 15 is 0 Å². The predicted octanol–water partition coefficient (Wildman–Crippen LogP) is 4.51. The Morgan fingerprint density at radius 1 is 1.27 bits per heavy atom. The van der Waals surface area contributed by atoms with Crippen LogP contribution in [-0.2, 0) is 13.5 Å². The topological polar surface area (TPSA) is 43.9 Å². The summed E-state index contributed by atoms with van der Waals surface area (Å²) in [5.74, 6) is 1.48. The Hall–Kier alpha value is -1.72. The van der Waals surface area contributed by atoms with Gasteiger partial charge in [-0.3, -0.25) is 0 Å². The van der Waals surface area contributed by atoms with Crippen molar-refractivity contribution in [2.24, 2.45) is 7.05 Å². The molecule has 22 heavy (non-hydrogen) atoms. The summed E-state index contributed by atoms with van der Waals surface area (Å²) in [4.78, 5) is 0. The SMILES string of the molecule is Cn1c(SC2CCc3c(Cl)cccc32)nnc1-c1ccco1. The highest BCUT2D eigenvalue weighted by Gasteiger charge is 2.27. The number of furan rings is 1. The average molecular weight is 332 g/mol. The van der Waals surface area contributed by atoms with Crippen LogP contribution in [0.15, 0.2) is 46.2 Å². The second kappa shape index (κ2) is 5.48. The summed E-state index contributed by atoms with van der Waals surface area (Å²) in [6, 6.07) is 9.89. The van der Waals surface area contributed by atoms with E-state index in [0.717, 1.165) is 34.6 Å². The molecule has 112 valence electrons. The van der Waals surface area contributed by atoms with Crippen molar-refractivity contribution in [3.63, 3.8) is 0 Å². The molecule has 6 heteroatoms. The smallest absolute Gasteiger partial charge is 0.200 e.